The van der Waals surface area contributed by atoms with Crippen LogP contribution in [0.2, 0.25) is 0 Å². The Hall–Kier alpha value is -3.42. The van der Waals surface area contributed by atoms with Crippen molar-refractivity contribution in [3.05, 3.63) is 45.9 Å². The van der Waals surface area contributed by atoms with Crippen molar-refractivity contribution in [1.29, 1.82) is 0 Å². The molecule has 8 nitrogen and oxygen atoms in total. The van der Waals surface area contributed by atoms with Gasteiger partial charge in [-0.05, 0) is 43.5 Å². The van der Waals surface area contributed by atoms with Crippen LogP contribution in [0.15, 0.2) is 29.1 Å². The van der Waals surface area contributed by atoms with Gasteiger partial charge < -0.3 is 14.8 Å². The van der Waals surface area contributed by atoms with Crippen molar-refractivity contribution in [1.82, 2.24) is 19.7 Å². The lowest BCUT2D eigenvalue weighted by molar-refractivity contribution is -0.131. The van der Waals surface area contributed by atoms with Crippen molar-refractivity contribution in [2.45, 2.75) is 45.1 Å². The van der Waals surface area contributed by atoms with Gasteiger partial charge in [-0.2, -0.15) is 5.10 Å². The number of aryl methyl sites for hydroxylation is 1. The zero-order chi connectivity index (χ0) is 21.3. The van der Waals surface area contributed by atoms with Crippen molar-refractivity contribution in [3.8, 4) is 17.1 Å². The Morgan fingerprint density at radius 3 is 2.77 bits per heavy atom. The minimum Gasteiger partial charge on any atom is -0.496 e. The van der Waals surface area contributed by atoms with E-state index in [0.717, 1.165) is 37.5 Å². The van der Waals surface area contributed by atoms with Crippen LogP contribution in [0.1, 0.15) is 49.4 Å². The molecular formula is C22H24N4O4. The molecule has 1 saturated carbocycles. The van der Waals surface area contributed by atoms with Gasteiger partial charge in [-0.3, -0.25) is 9.48 Å². The molecule has 1 aliphatic rings. The molecule has 0 spiro atoms. The number of nitrogens with zero attached hydrogens (tertiary/aromatic N) is 3. The van der Waals surface area contributed by atoms with Crippen LogP contribution in [0.4, 0.5) is 0 Å². The Bertz CT molecular complexity index is 1190. The average molecular weight is 408 g/mol. The second kappa shape index (κ2) is 8.14. The molecule has 0 atom stereocenters. The van der Waals surface area contributed by atoms with Gasteiger partial charge in [0.25, 0.3) is 5.56 Å². The third kappa shape index (κ3) is 3.72. The first kappa shape index (κ1) is 19.9. The second-order valence-electron chi connectivity index (χ2n) is 7.56. The molecule has 4 rings (SSSR count). The van der Waals surface area contributed by atoms with Crippen molar-refractivity contribution in [3.63, 3.8) is 0 Å². The number of benzene rings is 1. The van der Waals surface area contributed by atoms with Crippen LogP contribution in [0.5, 0.6) is 5.75 Å². The second-order valence-corrected chi connectivity index (χ2v) is 7.56. The number of methoxy groups -OCH3 is 1. The van der Waals surface area contributed by atoms with Crippen LogP contribution in [-0.2, 0) is 4.79 Å². The van der Waals surface area contributed by atoms with Gasteiger partial charge in [-0.1, -0.05) is 25.3 Å². The molecule has 0 aliphatic heterocycles. The fraction of sp³-hybridized carbons (Fsp3) is 0.364. The first-order chi connectivity index (χ1) is 14.5. The van der Waals surface area contributed by atoms with Crippen LogP contribution < -0.4 is 10.3 Å². The largest absolute Gasteiger partial charge is 0.496 e. The number of nitrogens with one attached hydrogen (secondary N) is 1. The number of aromatic nitrogens is 4. The molecule has 1 aromatic carbocycles. The van der Waals surface area contributed by atoms with Gasteiger partial charge in [0.1, 0.15) is 17.1 Å². The van der Waals surface area contributed by atoms with E-state index in [9.17, 15) is 9.59 Å². The summed E-state index contributed by atoms with van der Waals surface area (Å²) in [5, 5.41) is 13.5. The lowest BCUT2D eigenvalue weighted by atomic mass is 9.95. The van der Waals surface area contributed by atoms with Gasteiger partial charge in [0.2, 0.25) is 0 Å². The molecule has 30 heavy (non-hydrogen) atoms. The third-order valence-corrected chi connectivity index (χ3v) is 5.54. The van der Waals surface area contributed by atoms with E-state index in [1.807, 2.05) is 11.6 Å². The summed E-state index contributed by atoms with van der Waals surface area (Å²) >= 11 is 0. The number of H-pyrrole nitrogens is 1. The summed E-state index contributed by atoms with van der Waals surface area (Å²) < 4.78 is 7.32. The maximum atomic E-state index is 13.0. The molecule has 2 aromatic heterocycles. The maximum absolute atomic E-state index is 13.0. The van der Waals surface area contributed by atoms with E-state index in [2.05, 4.69) is 10.1 Å². The monoisotopic (exact) mass is 408 g/mol. The van der Waals surface area contributed by atoms with Gasteiger partial charge >= 0.3 is 5.97 Å². The van der Waals surface area contributed by atoms with Crippen LogP contribution in [0.25, 0.3) is 28.5 Å². The molecule has 2 N–H and O–H groups in total. The Morgan fingerprint density at radius 2 is 2.07 bits per heavy atom. The highest BCUT2D eigenvalue weighted by Gasteiger charge is 2.23. The van der Waals surface area contributed by atoms with E-state index >= 15 is 0 Å². The average Bonchev–Trinajstić information content (AvgIpc) is 3.09. The van der Waals surface area contributed by atoms with Gasteiger partial charge in [0.05, 0.1) is 24.4 Å². The standard InChI is InChI=1S/C22H24N4O4/c1-13-19-20(26(25-13)15-6-4-3-5-7-15)22(29)24-21(23-19)16-10-8-14(9-11-18(27)28)12-17(16)30-2/h8-12,15H,3-7H2,1-2H3,(H,27,28)(H,23,24,29). The van der Waals surface area contributed by atoms with Gasteiger partial charge in [-0.15, -0.1) is 0 Å². The molecule has 1 fully saturated rings. The summed E-state index contributed by atoms with van der Waals surface area (Å²) in [5.74, 6) is -0.147. The molecule has 0 bridgehead atoms. The summed E-state index contributed by atoms with van der Waals surface area (Å²) in [6, 6.07) is 5.45. The van der Waals surface area contributed by atoms with Crippen molar-refractivity contribution in [2.24, 2.45) is 0 Å². The Morgan fingerprint density at radius 1 is 1.30 bits per heavy atom. The number of hydrogen-bond acceptors (Lipinski definition) is 5. The number of carboxylic acids is 1. The number of ether oxygens (including phenoxy) is 1. The number of carboxylic acid groups (broad SMARTS) is 1. The zero-order valence-electron chi connectivity index (χ0n) is 17.0. The summed E-state index contributed by atoms with van der Waals surface area (Å²) in [4.78, 5) is 31.4. The van der Waals surface area contributed by atoms with E-state index in [0.29, 0.717) is 33.7 Å². The quantitative estimate of drug-likeness (QED) is 0.623. The molecule has 8 heteroatoms. The highest BCUT2D eigenvalue weighted by Crippen LogP contribution is 2.32. The Kier molecular flexibility index (Phi) is 5.39. The molecule has 0 radical (unpaired) electrons. The molecule has 156 valence electrons. The SMILES string of the molecule is COc1cc(C=CC(=O)O)ccc1-c1nc2c(C)nn(C3CCCCC3)c2c(=O)[nH]1. The Labute approximate surface area is 173 Å². The van der Waals surface area contributed by atoms with Gasteiger partial charge in [0.15, 0.2) is 5.52 Å². The number of fused-ring (bicyclic) bond motifs is 1. The van der Waals surface area contributed by atoms with Crippen molar-refractivity contribution in [2.75, 3.05) is 7.11 Å². The summed E-state index contributed by atoms with van der Waals surface area (Å²) in [5.41, 5.74) is 2.90. The molecule has 0 amide bonds. The molecule has 2 heterocycles. The van der Waals surface area contributed by atoms with Crippen LogP contribution in [-0.4, -0.2) is 37.9 Å². The van der Waals surface area contributed by atoms with Crippen LogP contribution in [0, 0.1) is 6.92 Å². The highest BCUT2D eigenvalue weighted by atomic mass is 16.5. The first-order valence-electron chi connectivity index (χ1n) is 10.1. The number of rotatable bonds is 5. The minimum atomic E-state index is -1.03. The molecule has 3 aromatic rings. The van der Waals surface area contributed by atoms with Crippen molar-refractivity contribution >= 4 is 23.1 Å². The van der Waals surface area contributed by atoms with E-state index in [-0.39, 0.29) is 11.6 Å². The normalized spacial score (nSPS) is 15.1. The smallest absolute Gasteiger partial charge is 0.328 e. The van der Waals surface area contributed by atoms with E-state index in [4.69, 9.17) is 14.8 Å². The van der Waals surface area contributed by atoms with E-state index in [1.165, 1.54) is 19.6 Å². The lowest BCUT2D eigenvalue weighted by Crippen LogP contribution is -2.19. The van der Waals surface area contributed by atoms with Crippen LogP contribution >= 0.6 is 0 Å². The third-order valence-electron chi connectivity index (χ3n) is 5.54. The number of aliphatic carboxylic acids is 1. The molecule has 0 saturated heterocycles. The Balaban J connectivity index is 1.80. The predicted octanol–water partition coefficient (Wildman–Crippen LogP) is 3.71. The topological polar surface area (TPSA) is 110 Å². The fourth-order valence-corrected chi connectivity index (χ4v) is 4.08. The predicted molar refractivity (Wildman–Crippen MR) is 114 cm³/mol. The lowest BCUT2D eigenvalue weighted by Gasteiger charge is -2.22. The number of aromatic amines is 1. The summed E-state index contributed by atoms with van der Waals surface area (Å²) in [7, 11) is 1.52. The van der Waals surface area contributed by atoms with Crippen LogP contribution in [0.3, 0.4) is 0 Å². The van der Waals surface area contributed by atoms with E-state index < -0.39 is 5.97 Å². The van der Waals surface area contributed by atoms with Crippen molar-refractivity contribution < 1.29 is 14.6 Å². The van der Waals surface area contributed by atoms with E-state index in [1.54, 1.807) is 18.2 Å². The van der Waals surface area contributed by atoms with Gasteiger partial charge in [0, 0.05) is 6.08 Å². The summed E-state index contributed by atoms with van der Waals surface area (Å²) in [6.07, 6.45) is 8.11. The molecule has 0 unspecified atom stereocenters. The summed E-state index contributed by atoms with van der Waals surface area (Å²) in [6.45, 7) is 1.87. The maximum Gasteiger partial charge on any atom is 0.328 e. The van der Waals surface area contributed by atoms with Gasteiger partial charge in [-0.25, -0.2) is 9.78 Å². The molecule has 1 aliphatic carbocycles. The molecular weight excluding hydrogens is 384 g/mol. The minimum absolute atomic E-state index is 0.224. The number of hydrogen-bond donors (Lipinski definition) is 2. The fourth-order valence-electron chi connectivity index (χ4n) is 4.08. The first-order valence-corrected chi connectivity index (χ1v) is 10.1. The highest BCUT2D eigenvalue weighted by molar-refractivity contribution is 5.86. The zero-order valence-corrected chi connectivity index (χ0v) is 17.0. The number of carbonyl (C=O) groups is 1.